The van der Waals surface area contributed by atoms with Gasteiger partial charge in [0.15, 0.2) is 0 Å². The maximum Gasteiger partial charge on any atom is 0.270 e. The number of hydrogen-bond acceptors (Lipinski definition) is 4. The van der Waals surface area contributed by atoms with Crippen LogP contribution in [-0.4, -0.2) is 12.0 Å². The lowest BCUT2D eigenvalue weighted by molar-refractivity contribution is -0.384. The molecule has 0 atom stereocenters. The number of nitro benzene ring substituents is 1. The Morgan fingerprint density at radius 3 is 2.38 bits per heavy atom. The predicted octanol–water partition coefficient (Wildman–Crippen LogP) is 5.16. The standard InChI is InChI=1S/C21H19NO4/c1-15-5-3-4-6-17(15)14-26-21-12-9-18(22(23)24)13-20(21)16-7-10-19(25-2)11-8-16/h3-13H,14H2,1-2H3. The van der Waals surface area contributed by atoms with Crippen LogP contribution in [0.25, 0.3) is 11.1 Å². The summed E-state index contributed by atoms with van der Waals surface area (Å²) in [5.41, 5.74) is 3.75. The molecular weight excluding hydrogens is 330 g/mol. The average Bonchev–Trinajstić information content (AvgIpc) is 2.67. The van der Waals surface area contributed by atoms with E-state index in [1.807, 2.05) is 55.5 Å². The van der Waals surface area contributed by atoms with Crippen LogP contribution in [0.2, 0.25) is 0 Å². The second-order valence-corrected chi connectivity index (χ2v) is 5.88. The van der Waals surface area contributed by atoms with E-state index in [2.05, 4.69) is 0 Å². The first kappa shape index (κ1) is 17.5. The van der Waals surface area contributed by atoms with Crippen molar-refractivity contribution in [2.45, 2.75) is 13.5 Å². The molecule has 0 spiro atoms. The van der Waals surface area contributed by atoms with E-state index in [1.54, 1.807) is 13.2 Å². The summed E-state index contributed by atoms with van der Waals surface area (Å²) in [5.74, 6) is 1.32. The molecular formula is C21H19NO4. The fourth-order valence-corrected chi connectivity index (χ4v) is 2.68. The van der Waals surface area contributed by atoms with E-state index in [4.69, 9.17) is 9.47 Å². The lowest BCUT2D eigenvalue weighted by Crippen LogP contribution is -2.00. The minimum Gasteiger partial charge on any atom is -0.497 e. The molecule has 0 N–H and O–H groups in total. The normalized spacial score (nSPS) is 10.4. The molecule has 0 amide bonds. The highest BCUT2D eigenvalue weighted by atomic mass is 16.6. The van der Waals surface area contributed by atoms with Crippen molar-refractivity contribution in [1.29, 1.82) is 0 Å². The van der Waals surface area contributed by atoms with Crippen molar-refractivity contribution in [3.63, 3.8) is 0 Å². The van der Waals surface area contributed by atoms with E-state index >= 15 is 0 Å². The third kappa shape index (κ3) is 3.83. The molecule has 0 aliphatic rings. The van der Waals surface area contributed by atoms with Crippen molar-refractivity contribution >= 4 is 5.69 Å². The molecule has 0 aliphatic heterocycles. The molecule has 0 bridgehead atoms. The Morgan fingerprint density at radius 1 is 1.00 bits per heavy atom. The second-order valence-electron chi connectivity index (χ2n) is 5.88. The number of hydrogen-bond donors (Lipinski definition) is 0. The van der Waals surface area contributed by atoms with E-state index in [1.165, 1.54) is 12.1 Å². The van der Waals surface area contributed by atoms with E-state index in [9.17, 15) is 10.1 Å². The molecule has 132 valence electrons. The van der Waals surface area contributed by atoms with E-state index in [0.717, 1.165) is 22.4 Å². The average molecular weight is 349 g/mol. The molecule has 3 rings (SSSR count). The molecule has 0 radical (unpaired) electrons. The van der Waals surface area contributed by atoms with E-state index in [0.29, 0.717) is 17.9 Å². The molecule has 26 heavy (non-hydrogen) atoms. The molecule has 5 nitrogen and oxygen atoms in total. The van der Waals surface area contributed by atoms with Gasteiger partial charge in [-0.1, -0.05) is 36.4 Å². The highest BCUT2D eigenvalue weighted by Crippen LogP contribution is 2.35. The molecule has 3 aromatic carbocycles. The van der Waals surface area contributed by atoms with Crippen molar-refractivity contribution in [2.75, 3.05) is 7.11 Å². The van der Waals surface area contributed by atoms with Crippen LogP contribution < -0.4 is 9.47 Å². The van der Waals surface area contributed by atoms with Gasteiger partial charge in [0.2, 0.25) is 0 Å². The smallest absolute Gasteiger partial charge is 0.270 e. The lowest BCUT2D eigenvalue weighted by Gasteiger charge is -2.13. The van der Waals surface area contributed by atoms with Crippen molar-refractivity contribution in [3.8, 4) is 22.6 Å². The molecule has 0 heterocycles. The molecule has 3 aromatic rings. The number of non-ortho nitro benzene ring substituents is 1. The van der Waals surface area contributed by atoms with Gasteiger partial charge in [0.05, 0.1) is 12.0 Å². The molecule has 5 heteroatoms. The number of nitrogens with zero attached hydrogens (tertiary/aromatic N) is 1. The largest absolute Gasteiger partial charge is 0.497 e. The summed E-state index contributed by atoms with van der Waals surface area (Å²) in [4.78, 5) is 10.8. The maximum absolute atomic E-state index is 11.2. The number of aryl methyl sites for hydroxylation is 1. The number of benzene rings is 3. The Labute approximate surface area is 152 Å². The van der Waals surface area contributed by atoms with Gasteiger partial charge in [-0.25, -0.2) is 0 Å². The van der Waals surface area contributed by atoms with Crippen LogP contribution in [0.3, 0.4) is 0 Å². The summed E-state index contributed by atoms with van der Waals surface area (Å²) < 4.78 is 11.2. The van der Waals surface area contributed by atoms with Crippen LogP contribution in [0.15, 0.2) is 66.7 Å². The van der Waals surface area contributed by atoms with E-state index < -0.39 is 4.92 Å². The van der Waals surface area contributed by atoms with Crippen LogP contribution in [0.5, 0.6) is 11.5 Å². The Balaban J connectivity index is 1.95. The van der Waals surface area contributed by atoms with Crippen LogP contribution in [0.1, 0.15) is 11.1 Å². The molecule has 0 unspecified atom stereocenters. The van der Waals surface area contributed by atoms with Crippen molar-refractivity contribution in [2.24, 2.45) is 0 Å². The van der Waals surface area contributed by atoms with Gasteiger partial charge in [0, 0.05) is 17.7 Å². The second kappa shape index (κ2) is 7.70. The molecule has 0 aromatic heterocycles. The highest BCUT2D eigenvalue weighted by Gasteiger charge is 2.14. The summed E-state index contributed by atoms with van der Waals surface area (Å²) >= 11 is 0. The van der Waals surface area contributed by atoms with Gasteiger partial charge < -0.3 is 9.47 Å². The summed E-state index contributed by atoms with van der Waals surface area (Å²) in [7, 11) is 1.60. The van der Waals surface area contributed by atoms with Crippen LogP contribution >= 0.6 is 0 Å². The predicted molar refractivity (Wildman–Crippen MR) is 101 cm³/mol. The molecule has 0 aliphatic carbocycles. The maximum atomic E-state index is 11.2. The van der Waals surface area contributed by atoms with Gasteiger partial charge >= 0.3 is 0 Å². The fraction of sp³-hybridized carbons (Fsp3) is 0.143. The third-order valence-corrected chi connectivity index (χ3v) is 4.22. The lowest BCUT2D eigenvalue weighted by atomic mass is 10.0. The van der Waals surface area contributed by atoms with Gasteiger partial charge in [0.1, 0.15) is 18.1 Å². The SMILES string of the molecule is COc1ccc(-c2cc([N+](=O)[O-])ccc2OCc2ccccc2C)cc1. The first-order chi connectivity index (χ1) is 12.6. The minimum absolute atomic E-state index is 0.0269. The number of nitro groups is 1. The Bertz CT molecular complexity index is 920. The summed E-state index contributed by atoms with van der Waals surface area (Å²) in [6.07, 6.45) is 0. The van der Waals surface area contributed by atoms with Gasteiger partial charge in [-0.05, 0) is 41.8 Å². The number of rotatable bonds is 6. The van der Waals surface area contributed by atoms with Crippen molar-refractivity contribution in [1.82, 2.24) is 0 Å². The Kier molecular flexibility index (Phi) is 5.17. The minimum atomic E-state index is -0.405. The topological polar surface area (TPSA) is 61.6 Å². The number of methoxy groups -OCH3 is 1. The Morgan fingerprint density at radius 2 is 1.73 bits per heavy atom. The highest BCUT2D eigenvalue weighted by molar-refractivity contribution is 5.73. The quantitative estimate of drug-likeness (QED) is 0.456. The van der Waals surface area contributed by atoms with Gasteiger partial charge in [0.25, 0.3) is 5.69 Å². The zero-order valence-corrected chi connectivity index (χ0v) is 14.6. The zero-order chi connectivity index (χ0) is 18.5. The van der Waals surface area contributed by atoms with Crippen molar-refractivity contribution < 1.29 is 14.4 Å². The molecule has 0 fully saturated rings. The summed E-state index contributed by atoms with van der Waals surface area (Å²) in [6.45, 7) is 2.42. The molecule has 0 saturated heterocycles. The van der Waals surface area contributed by atoms with Crippen LogP contribution in [-0.2, 0) is 6.61 Å². The molecule has 0 saturated carbocycles. The van der Waals surface area contributed by atoms with E-state index in [-0.39, 0.29) is 5.69 Å². The third-order valence-electron chi connectivity index (χ3n) is 4.22. The van der Waals surface area contributed by atoms with Crippen LogP contribution in [0, 0.1) is 17.0 Å². The summed E-state index contributed by atoms with van der Waals surface area (Å²) in [6, 6.07) is 20.0. The van der Waals surface area contributed by atoms with Crippen LogP contribution in [0.4, 0.5) is 5.69 Å². The summed E-state index contributed by atoms with van der Waals surface area (Å²) in [5, 5.41) is 11.2. The first-order valence-corrected chi connectivity index (χ1v) is 8.18. The monoisotopic (exact) mass is 349 g/mol. The van der Waals surface area contributed by atoms with Crippen molar-refractivity contribution in [3.05, 3.63) is 88.0 Å². The zero-order valence-electron chi connectivity index (χ0n) is 14.6. The van der Waals surface area contributed by atoms with Gasteiger partial charge in [-0.2, -0.15) is 0 Å². The Hall–Kier alpha value is -3.34. The van der Waals surface area contributed by atoms with Gasteiger partial charge in [-0.3, -0.25) is 10.1 Å². The van der Waals surface area contributed by atoms with Gasteiger partial charge in [-0.15, -0.1) is 0 Å². The fourth-order valence-electron chi connectivity index (χ4n) is 2.68. The number of ether oxygens (including phenoxy) is 2. The first-order valence-electron chi connectivity index (χ1n) is 8.18.